The molecule has 1 N–H and O–H groups in total. The zero-order valence-electron chi connectivity index (χ0n) is 21.8. The van der Waals surface area contributed by atoms with E-state index in [1.54, 1.807) is 0 Å². The molecule has 2 aromatic carbocycles. The van der Waals surface area contributed by atoms with E-state index >= 15 is 0 Å². The van der Waals surface area contributed by atoms with Crippen LogP contribution in [0.15, 0.2) is 60.8 Å². The molecule has 0 aliphatic carbocycles. The summed E-state index contributed by atoms with van der Waals surface area (Å²) >= 11 is 0. The van der Waals surface area contributed by atoms with Crippen LogP contribution < -0.4 is 0 Å². The third kappa shape index (κ3) is 4.12. The summed E-state index contributed by atoms with van der Waals surface area (Å²) < 4.78 is 10.3. The summed E-state index contributed by atoms with van der Waals surface area (Å²) in [6.07, 6.45) is 3.89. The molecule has 7 nitrogen and oxygen atoms in total. The molecule has 7 heteroatoms. The molecule has 5 aromatic rings. The second kappa shape index (κ2) is 9.08. The summed E-state index contributed by atoms with van der Waals surface area (Å²) in [4.78, 5) is 5.00. The quantitative estimate of drug-likeness (QED) is 0.342. The van der Waals surface area contributed by atoms with Crippen molar-refractivity contribution < 1.29 is 9.84 Å². The average Bonchev–Trinajstić information content (AvgIpc) is 3.40. The van der Waals surface area contributed by atoms with E-state index in [4.69, 9.17) is 9.72 Å². The Morgan fingerprint density at radius 3 is 2.32 bits per heavy atom. The first-order valence-corrected chi connectivity index (χ1v) is 13.0. The van der Waals surface area contributed by atoms with Gasteiger partial charge in [-0.3, -0.25) is 9.55 Å². The number of aromatic nitrogens is 5. The fraction of sp³-hybridized carbons (Fsp3) is 0.367. The first kappa shape index (κ1) is 23.8. The Labute approximate surface area is 216 Å². The van der Waals surface area contributed by atoms with E-state index in [0.717, 1.165) is 70.9 Å². The molecule has 3 aromatic heterocycles. The van der Waals surface area contributed by atoms with Crippen LogP contribution in [-0.2, 0) is 10.3 Å². The van der Waals surface area contributed by atoms with Gasteiger partial charge in [0.2, 0.25) is 0 Å². The second-order valence-corrected chi connectivity index (χ2v) is 10.7. The van der Waals surface area contributed by atoms with Crippen LogP contribution in [0.3, 0.4) is 0 Å². The van der Waals surface area contributed by atoms with E-state index in [1.165, 1.54) is 5.56 Å². The monoisotopic (exact) mass is 495 g/mol. The number of hydrogen-bond acceptors (Lipinski definition) is 5. The molecule has 190 valence electrons. The Morgan fingerprint density at radius 1 is 0.946 bits per heavy atom. The van der Waals surface area contributed by atoms with Crippen molar-refractivity contribution in [3.05, 3.63) is 83.6 Å². The Balaban J connectivity index is 1.69. The molecule has 0 bridgehead atoms. The lowest BCUT2D eigenvalue weighted by Gasteiger charge is -2.33. The van der Waals surface area contributed by atoms with Crippen LogP contribution in [0.1, 0.15) is 55.5 Å². The molecule has 4 heterocycles. The average molecular weight is 496 g/mol. The molecule has 0 unspecified atom stereocenters. The maximum absolute atomic E-state index is 10.9. The van der Waals surface area contributed by atoms with Gasteiger partial charge in [0.1, 0.15) is 11.6 Å². The summed E-state index contributed by atoms with van der Waals surface area (Å²) in [6, 6.07) is 19.3. The molecular weight excluding hydrogens is 462 g/mol. The van der Waals surface area contributed by atoms with Crippen LogP contribution in [-0.4, -0.2) is 42.6 Å². The SMILES string of the molecule is Cc1nnc(C)n1-c1cnc2c3ccc(C(C)(C)O)cc3n([C@@H](c3ccccc3)C3CCOCC3)c2c1. The molecule has 1 atom stereocenters. The molecule has 6 rings (SSSR count). The molecule has 1 aliphatic heterocycles. The fourth-order valence-electron chi connectivity index (χ4n) is 5.85. The normalized spacial score (nSPS) is 16.0. The van der Waals surface area contributed by atoms with Gasteiger partial charge in [-0.2, -0.15) is 0 Å². The number of ether oxygens (including phenoxy) is 1. The molecular formula is C30H33N5O2. The van der Waals surface area contributed by atoms with E-state index in [2.05, 4.69) is 63.3 Å². The van der Waals surface area contributed by atoms with Gasteiger partial charge >= 0.3 is 0 Å². The number of nitrogens with zero attached hydrogens (tertiary/aromatic N) is 5. The van der Waals surface area contributed by atoms with Gasteiger partial charge in [-0.05, 0) is 69.7 Å². The van der Waals surface area contributed by atoms with Crippen molar-refractivity contribution in [2.45, 2.75) is 52.2 Å². The minimum Gasteiger partial charge on any atom is -0.386 e. The van der Waals surface area contributed by atoms with Crippen LogP contribution in [0.2, 0.25) is 0 Å². The topological polar surface area (TPSA) is 78.0 Å². The Kier molecular flexibility index (Phi) is 5.85. The maximum atomic E-state index is 10.9. The Morgan fingerprint density at radius 2 is 1.65 bits per heavy atom. The maximum Gasteiger partial charge on any atom is 0.134 e. The van der Waals surface area contributed by atoms with E-state index in [1.807, 2.05) is 44.5 Å². The smallest absolute Gasteiger partial charge is 0.134 e. The summed E-state index contributed by atoms with van der Waals surface area (Å²) in [5.74, 6) is 2.06. The zero-order chi connectivity index (χ0) is 25.7. The lowest BCUT2D eigenvalue weighted by molar-refractivity contribution is 0.0552. The molecule has 0 saturated carbocycles. The molecule has 0 spiro atoms. The molecule has 1 fully saturated rings. The zero-order valence-corrected chi connectivity index (χ0v) is 21.8. The first-order valence-electron chi connectivity index (χ1n) is 13.0. The minimum atomic E-state index is -0.953. The van der Waals surface area contributed by atoms with Crippen LogP contribution >= 0.6 is 0 Å². The number of hydrogen-bond donors (Lipinski definition) is 1. The van der Waals surface area contributed by atoms with Crippen LogP contribution in [0.5, 0.6) is 0 Å². The number of fused-ring (bicyclic) bond motifs is 3. The van der Waals surface area contributed by atoms with Crippen LogP contribution in [0, 0.1) is 19.8 Å². The van der Waals surface area contributed by atoms with Gasteiger partial charge in [0.05, 0.1) is 40.1 Å². The third-order valence-electron chi connectivity index (χ3n) is 7.71. The lowest BCUT2D eigenvalue weighted by Crippen LogP contribution is -2.27. The third-order valence-corrected chi connectivity index (χ3v) is 7.71. The van der Waals surface area contributed by atoms with Gasteiger partial charge in [-0.1, -0.05) is 42.5 Å². The van der Waals surface area contributed by atoms with Crippen molar-refractivity contribution >= 4 is 21.9 Å². The van der Waals surface area contributed by atoms with Gasteiger partial charge in [0.15, 0.2) is 0 Å². The summed E-state index contributed by atoms with van der Waals surface area (Å²) in [5.41, 5.74) is 5.24. The highest BCUT2D eigenvalue weighted by Gasteiger charge is 2.31. The van der Waals surface area contributed by atoms with Gasteiger partial charge in [-0.15, -0.1) is 10.2 Å². The Hall–Kier alpha value is -3.55. The van der Waals surface area contributed by atoms with Crippen molar-refractivity contribution in [1.29, 1.82) is 0 Å². The first-order chi connectivity index (χ1) is 17.8. The highest BCUT2D eigenvalue weighted by atomic mass is 16.5. The van der Waals surface area contributed by atoms with Crippen molar-refractivity contribution in [2.24, 2.45) is 5.92 Å². The largest absolute Gasteiger partial charge is 0.386 e. The number of benzene rings is 2. The minimum absolute atomic E-state index is 0.0994. The summed E-state index contributed by atoms with van der Waals surface area (Å²) in [6.45, 7) is 9.13. The van der Waals surface area contributed by atoms with Crippen molar-refractivity contribution in [2.75, 3.05) is 13.2 Å². The standard InChI is InChI=1S/C30H33N5O2/c1-19-32-33-20(2)34(19)24-17-27-28(31-18-24)25-11-10-23(30(3,4)36)16-26(25)35(27)29(21-8-6-5-7-9-21)22-12-14-37-15-13-22/h5-11,16-18,22,29,36H,12-15H2,1-4H3/t29-/m0/s1. The highest BCUT2D eigenvalue weighted by Crippen LogP contribution is 2.41. The Bertz CT molecular complexity index is 1550. The highest BCUT2D eigenvalue weighted by molar-refractivity contribution is 6.06. The lowest BCUT2D eigenvalue weighted by atomic mass is 9.86. The molecule has 1 saturated heterocycles. The number of aryl methyl sites for hydroxylation is 2. The predicted molar refractivity (Wildman–Crippen MR) is 145 cm³/mol. The number of aliphatic hydroxyl groups is 1. The molecule has 1 aliphatic rings. The van der Waals surface area contributed by atoms with Crippen molar-refractivity contribution in [3.8, 4) is 5.69 Å². The molecule has 0 radical (unpaired) electrons. The fourth-order valence-corrected chi connectivity index (χ4v) is 5.85. The van der Waals surface area contributed by atoms with Crippen LogP contribution in [0.25, 0.3) is 27.6 Å². The van der Waals surface area contributed by atoms with E-state index in [0.29, 0.717) is 5.92 Å². The number of pyridine rings is 1. The molecule has 0 amide bonds. The number of rotatable bonds is 5. The van der Waals surface area contributed by atoms with Gasteiger partial charge < -0.3 is 14.4 Å². The van der Waals surface area contributed by atoms with E-state index in [-0.39, 0.29) is 6.04 Å². The van der Waals surface area contributed by atoms with E-state index in [9.17, 15) is 5.11 Å². The summed E-state index contributed by atoms with van der Waals surface area (Å²) in [5, 5.41) is 20.5. The second-order valence-electron chi connectivity index (χ2n) is 10.7. The predicted octanol–water partition coefficient (Wildman–Crippen LogP) is 5.63. The molecule has 37 heavy (non-hydrogen) atoms. The van der Waals surface area contributed by atoms with Crippen molar-refractivity contribution in [1.82, 2.24) is 24.3 Å². The van der Waals surface area contributed by atoms with Gasteiger partial charge in [0.25, 0.3) is 0 Å². The van der Waals surface area contributed by atoms with Crippen molar-refractivity contribution in [3.63, 3.8) is 0 Å². The van der Waals surface area contributed by atoms with Crippen LogP contribution in [0.4, 0.5) is 0 Å². The summed E-state index contributed by atoms with van der Waals surface area (Å²) in [7, 11) is 0. The van der Waals surface area contributed by atoms with Gasteiger partial charge in [0, 0.05) is 18.6 Å². The van der Waals surface area contributed by atoms with Gasteiger partial charge in [-0.25, -0.2) is 0 Å². The van der Waals surface area contributed by atoms with E-state index < -0.39 is 5.60 Å².